The number of aromatic hydroxyl groups is 2. The number of phenols is 2. The molecule has 1 aliphatic rings. The van der Waals surface area contributed by atoms with Crippen LogP contribution in [-0.2, 0) is 0 Å². The van der Waals surface area contributed by atoms with E-state index in [4.69, 9.17) is 9.47 Å². The molecule has 15 heavy (non-hydrogen) atoms. The molecule has 3 N–H and O–H groups in total. The topological polar surface area (TPSA) is 71.0 Å². The molecule has 5 heteroatoms. The largest absolute Gasteiger partial charge is 0.504 e. The number of hydrogen-bond acceptors (Lipinski definition) is 5. The van der Waals surface area contributed by atoms with E-state index < -0.39 is 0 Å². The molecule has 82 valence electrons. The SMILES string of the molecule is COc1cc(OC2CNC2)cc(O)c1O. The van der Waals surface area contributed by atoms with E-state index in [9.17, 15) is 10.2 Å². The number of hydrogen-bond donors (Lipinski definition) is 3. The van der Waals surface area contributed by atoms with E-state index in [-0.39, 0.29) is 23.4 Å². The molecule has 0 spiro atoms. The number of nitrogens with one attached hydrogen (secondary N) is 1. The van der Waals surface area contributed by atoms with E-state index >= 15 is 0 Å². The fraction of sp³-hybridized carbons (Fsp3) is 0.400. The van der Waals surface area contributed by atoms with Gasteiger partial charge in [-0.25, -0.2) is 0 Å². The summed E-state index contributed by atoms with van der Waals surface area (Å²) in [7, 11) is 1.42. The molecule has 0 aliphatic carbocycles. The Bertz CT molecular complexity index is 363. The minimum atomic E-state index is -0.267. The van der Waals surface area contributed by atoms with Crippen molar-refractivity contribution in [1.82, 2.24) is 5.32 Å². The lowest BCUT2D eigenvalue weighted by Crippen LogP contribution is -2.50. The molecule has 1 aliphatic heterocycles. The van der Waals surface area contributed by atoms with Gasteiger partial charge in [0.15, 0.2) is 11.5 Å². The minimum Gasteiger partial charge on any atom is -0.504 e. The van der Waals surface area contributed by atoms with E-state index in [0.717, 1.165) is 13.1 Å². The van der Waals surface area contributed by atoms with Crippen LogP contribution in [0.3, 0.4) is 0 Å². The highest BCUT2D eigenvalue weighted by atomic mass is 16.5. The molecule has 0 aromatic heterocycles. The highest BCUT2D eigenvalue weighted by Gasteiger charge is 2.19. The van der Waals surface area contributed by atoms with Crippen LogP contribution in [0.1, 0.15) is 0 Å². The van der Waals surface area contributed by atoms with Crippen LogP contribution < -0.4 is 14.8 Å². The number of methoxy groups -OCH3 is 1. The van der Waals surface area contributed by atoms with Gasteiger partial charge in [-0.05, 0) is 0 Å². The average molecular weight is 211 g/mol. The molecule has 5 nitrogen and oxygen atoms in total. The van der Waals surface area contributed by atoms with Gasteiger partial charge in [-0.1, -0.05) is 0 Å². The highest BCUT2D eigenvalue weighted by Crippen LogP contribution is 2.39. The molecule has 1 aromatic carbocycles. The van der Waals surface area contributed by atoms with Crippen LogP contribution in [0.15, 0.2) is 12.1 Å². The molecular weight excluding hydrogens is 198 g/mol. The van der Waals surface area contributed by atoms with Gasteiger partial charge in [0.1, 0.15) is 11.9 Å². The molecule has 0 atom stereocenters. The Kier molecular flexibility index (Phi) is 2.55. The van der Waals surface area contributed by atoms with Crippen LogP contribution >= 0.6 is 0 Å². The zero-order valence-electron chi connectivity index (χ0n) is 8.36. The van der Waals surface area contributed by atoms with E-state index in [1.165, 1.54) is 13.2 Å². The van der Waals surface area contributed by atoms with Gasteiger partial charge in [-0.2, -0.15) is 0 Å². The van der Waals surface area contributed by atoms with Crippen molar-refractivity contribution in [2.45, 2.75) is 6.10 Å². The summed E-state index contributed by atoms with van der Waals surface area (Å²) in [5, 5.41) is 21.8. The Balaban J connectivity index is 2.19. The first-order valence-electron chi connectivity index (χ1n) is 4.68. The third-order valence-corrected chi connectivity index (χ3v) is 2.30. The summed E-state index contributed by atoms with van der Waals surface area (Å²) in [5.74, 6) is 0.194. The van der Waals surface area contributed by atoms with Gasteiger partial charge in [0.05, 0.1) is 7.11 Å². The first-order valence-corrected chi connectivity index (χ1v) is 4.68. The van der Waals surface area contributed by atoms with E-state index in [2.05, 4.69) is 5.32 Å². The van der Waals surface area contributed by atoms with Crippen molar-refractivity contribution < 1.29 is 19.7 Å². The Morgan fingerprint density at radius 1 is 1.33 bits per heavy atom. The molecule has 1 saturated heterocycles. The highest BCUT2D eigenvalue weighted by molar-refractivity contribution is 5.54. The summed E-state index contributed by atoms with van der Waals surface area (Å²) < 4.78 is 10.4. The normalized spacial score (nSPS) is 15.8. The molecular formula is C10H13NO4. The van der Waals surface area contributed by atoms with Crippen molar-refractivity contribution in [1.29, 1.82) is 0 Å². The van der Waals surface area contributed by atoms with Crippen molar-refractivity contribution in [3.05, 3.63) is 12.1 Å². The second-order valence-electron chi connectivity index (χ2n) is 3.39. The van der Waals surface area contributed by atoms with Gasteiger partial charge in [0.25, 0.3) is 0 Å². The lowest BCUT2D eigenvalue weighted by molar-refractivity contribution is 0.141. The van der Waals surface area contributed by atoms with E-state index in [0.29, 0.717) is 5.75 Å². The maximum atomic E-state index is 9.39. The lowest BCUT2D eigenvalue weighted by Gasteiger charge is -2.28. The molecule has 1 aromatic rings. The first-order chi connectivity index (χ1) is 7.20. The van der Waals surface area contributed by atoms with Crippen molar-refractivity contribution in [3.8, 4) is 23.0 Å². The number of benzene rings is 1. The second-order valence-corrected chi connectivity index (χ2v) is 3.39. The maximum Gasteiger partial charge on any atom is 0.200 e. The Labute approximate surface area is 87.3 Å². The Morgan fingerprint density at radius 2 is 2.07 bits per heavy atom. The van der Waals surface area contributed by atoms with Crippen LogP contribution in [0.2, 0.25) is 0 Å². The fourth-order valence-corrected chi connectivity index (χ4v) is 1.33. The van der Waals surface area contributed by atoms with Crippen LogP contribution in [0.25, 0.3) is 0 Å². The lowest BCUT2D eigenvalue weighted by atomic mass is 10.2. The van der Waals surface area contributed by atoms with Gasteiger partial charge in [-0.3, -0.25) is 0 Å². The van der Waals surface area contributed by atoms with Crippen LogP contribution in [0, 0.1) is 0 Å². The van der Waals surface area contributed by atoms with Gasteiger partial charge >= 0.3 is 0 Å². The molecule has 1 fully saturated rings. The summed E-state index contributed by atoms with van der Waals surface area (Å²) in [6.45, 7) is 1.59. The summed E-state index contributed by atoms with van der Waals surface area (Å²) >= 11 is 0. The molecule has 0 saturated carbocycles. The van der Waals surface area contributed by atoms with Crippen LogP contribution in [0.5, 0.6) is 23.0 Å². The second kappa shape index (κ2) is 3.86. The van der Waals surface area contributed by atoms with Crippen molar-refractivity contribution in [2.75, 3.05) is 20.2 Å². The molecule has 2 rings (SSSR count). The molecule has 0 bridgehead atoms. The Morgan fingerprint density at radius 3 is 2.60 bits per heavy atom. The van der Waals surface area contributed by atoms with Gasteiger partial charge in [0.2, 0.25) is 5.75 Å². The number of rotatable bonds is 3. The van der Waals surface area contributed by atoms with E-state index in [1.807, 2.05) is 0 Å². The van der Waals surface area contributed by atoms with Crippen molar-refractivity contribution in [3.63, 3.8) is 0 Å². The van der Waals surface area contributed by atoms with Gasteiger partial charge in [0, 0.05) is 25.2 Å². The molecule has 1 heterocycles. The summed E-state index contributed by atoms with van der Waals surface area (Å²) in [6, 6.07) is 2.92. The average Bonchev–Trinajstić information content (AvgIpc) is 2.16. The third-order valence-electron chi connectivity index (χ3n) is 2.30. The zero-order valence-corrected chi connectivity index (χ0v) is 8.36. The quantitative estimate of drug-likeness (QED) is 0.633. The maximum absolute atomic E-state index is 9.39. The smallest absolute Gasteiger partial charge is 0.200 e. The molecule has 0 unspecified atom stereocenters. The van der Waals surface area contributed by atoms with Crippen molar-refractivity contribution >= 4 is 0 Å². The standard InChI is InChI=1S/C10H13NO4/c1-14-9-3-6(2-8(12)10(9)13)15-7-4-11-5-7/h2-3,7,11-13H,4-5H2,1H3. The number of ether oxygens (including phenoxy) is 2. The summed E-state index contributed by atoms with van der Waals surface area (Å²) in [6.07, 6.45) is 0.124. The summed E-state index contributed by atoms with van der Waals surface area (Å²) in [5.41, 5.74) is 0. The molecule has 0 amide bonds. The van der Waals surface area contributed by atoms with Crippen LogP contribution in [-0.4, -0.2) is 36.5 Å². The Hall–Kier alpha value is -1.62. The van der Waals surface area contributed by atoms with E-state index in [1.54, 1.807) is 6.07 Å². The minimum absolute atomic E-state index is 0.124. The monoisotopic (exact) mass is 211 g/mol. The molecule has 0 radical (unpaired) electrons. The predicted octanol–water partition coefficient (Wildman–Crippen LogP) is 0.457. The zero-order chi connectivity index (χ0) is 10.8. The van der Waals surface area contributed by atoms with Gasteiger partial charge < -0.3 is 25.0 Å². The fourth-order valence-electron chi connectivity index (χ4n) is 1.33. The third kappa shape index (κ3) is 1.92. The number of phenolic OH excluding ortho intramolecular Hbond substituents is 2. The first kappa shape index (κ1) is 9.92. The van der Waals surface area contributed by atoms with Gasteiger partial charge in [-0.15, -0.1) is 0 Å². The van der Waals surface area contributed by atoms with Crippen molar-refractivity contribution in [2.24, 2.45) is 0 Å². The van der Waals surface area contributed by atoms with Crippen LogP contribution in [0.4, 0.5) is 0 Å². The predicted molar refractivity (Wildman–Crippen MR) is 53.6 cm³/mol. The summed E-state index contributed by atoms with van der Waals surface area (Å²) in [4.78, 5) is 0.